The van der Waals surface area contributed by atoms with Gasteiger partial charge in [-0.3, -0.25) is 4.98 Å². The lowest BCUT2D eigenvalue weighted by atomic mass is 10.1. The summed E-state index contributed by atoms with van der Waals surface area (Å²) >= 11 is 0. The fourth-order valence-electron chi connectivity index (χ4n) is 3.14. The van der Waals surface area contributed by atoms with Crippen molar-refractivity contribution in [3.63, 3.8) is 0 Å². The first kappa shape index (κ1) is 18.8. The van der Waals surface area contributed by atoms with Gasteiger partial charge in [0.25, 0.3) is 0 Å². The van der Waals surface area contributed by atoms with Crippen molar-refractivity contribution in [3.05, 3.63) is 108 Å². The average molecular weight is 385 g/mol. The molecule has 0 amide bonds. The molecule has 4 nitrogen and oxygen atoms in total. The Balaban J connectivity index is 1.69. The molecule has 0 spiro atoms. The first-order chi connectivity index (χ1) is 14.2. The first-order valence-corrected chi connectivity index (χ1v) is 9.33. The Labute approximate surface area is 168 Å². The van der Waals surface area contributed by atoms with E-state index >= 15 is 0 Å². The smallest absolute Gasteiger partial charge is 0.123 e. The quantitative estimate of drug-likeness (QED) is 0.509. The van der Waals surface area contributed by atoms with E-state index in [1.807, 2.05) is 53.1 Å². The van der Waals surface area contributed by atoms with Gasteiger partial charge in [-0.25, -0.2) is 9.37 Å². The first-order valence-electron chi connectivity index (χ1n) is 9.33. The highest BCUT2D eigenvalue weighted by Gasteiger charge is 2.15. The number of hydrogen-bond donors (Lipinski definition) is 1. The maximum atomic E-state index is 13.2. The summed E-state index contributed by atoms with van der Waals surface area (Å²) in [5, 5.41) is 10.6. The van der Waals surface area contributed by atoms with Crippen molar-refractivity contribution in [2.45, 2.75) is 12.6 Å². The molecule has 0 bridgehead atoms. The van der Waals surface area contributed by atoms with E-state index in [2.05, 4.69) is 9.97 Å². The molecule has 0 fully saturated rings. The van der Waals surface area contributed by atoms with E-state index in [1.54, 1.807) is 36.9 Å². The van der Waals surface area contributed by atoms with Gasteiger partial charge in [-0.15, -0.1) is 0 Å². The lowest BCUT2D eigenvalue weighted by molar-refractivity contribution is 0.156. The maximum absolute atomic E-state index is 13.2. The summed E-state index contributed by atoms with van der Waals surface area (Å²) in [4.78, 5) is 8.66. The van der Waals surface area contributed by atoms with Gasteiger partial charge in [-0.1, -0.05) is 54.6 Å². The second kappa shape index (κ2) is 8.63. The van der Waals surface area contributed by atoms with Gasteiger partial charge in [0.1, 0.15) is 5.82 Å². The van der Waals surface area contributed by atoms with Crippen molar-refractivity contribution < 1.29 is 9.50 Å². The minimum absolute atomic E-state index is 0.267. The van der Waals surface area contributed by atoms with Crippen LogP contribution in [0.15, 0.2) is 85.5 Å². The van der Waals surface area contributed by atoms with Crippen LogP contribution < -0.4 is 0 Å². The minimum Gasteiger partial charge on any atom is -0.386 e. The Bertz CT molecular complexity index is 1090. The lowest BCUT2D eigenvalue weighted by Gasteiger charge is -2.13. The summed E-state index contributed by atoms with van der Waals surface area (Å²) in [5.41, 5.74) is 4.30. The van der Waals surface area contributed by atoms with Gasteiger partial charge in [0, 0.05) is 23.5 Å². The molecule has 0 aliphatic carbocycles. The van der Waals surface area contributed by atoms with Crippen molar-refractivity contribution in [1.29, 1.82) is 0 Å². The maximum Gasteiger partial charge on any atom is 0.123 e. The molecule has 1 atom stereocenters. The predicted octanol–water partition coefficient (Wildman–Crippen LogP) is 4.99. The summed E-state index contributed by atoms with van der Waals surface area (Å²) in [5.74, 6) is -0.267. The molecule has 29 heavy (non-hydrogen) atoms. The number of rotatable bonds is 6. The summed E-state index contributed by atoms with van der Waals surface area (Å²) in [6.07, 6.45) is 8.21. The van der Waals surface area contributed by atoms with Crippen molar-refractivity contribution in [2.24, 2.45) is 0 Å². The van der Waals surface area contributed by atoms with E-state index in [1.165, 1.54) is 12.1 Å². The van der Waals surface area contributed by atoms with Crippen LogP contribution in [0.25, 0.3) is 23.4 Å². The van der Waals surface area contributed by atoms with Gasteiger partial charge in [-0.05, 0) is 29.8 Å². The molecule has 0 radical (unpaired) electrons. The number of hydrogen-bond acceptors (Lipinski definition) is 3. The molecule has 0 saturated heterocycles. The number of halogens is 1. The summed E-state index contributed by atoms with van der Waals surface area (Å²) < 4.78 is 15.1. The summed E-state index contributed by atoms with van der Waals surface area (Å²) in [7, 11) is 0. The third-order valence-electron chi connectivity index (χ3n) is 4.67. The van der Waals surface area contributed by atoms with Crippen molar-refractivity contribution in [2.75, 3.05) is 0 Å². The number of aliphatic hydroxyl groups is 1. The van der Waals surface area contributed by atoms with Crippen LogP contribution in [0.5, 0.6) is 0 Å². The van der Waals surface area contributed by atoms with E-state index in [9.17, 15) is 9.50 Å². The van der Waals surface area contributed by atoms with Crippen molar-refractivity contribution in [1.82, 2.24) is 14.5 Å². The highest BCUT2D eigenvalue weighted by Crippen LogP contribution is 2.26. The van der Waals surface area contributed by atoms with Gasteiger partial charge < -0.3 is 9.67 Å². The zero-order chi connectivity index (χ0) is 20.1. The third kappa shape index (κ3) is 4.47. The monoisotopic (exact) mass is 385 g/mol. The van der Waals surface area contributed by atoms with E-state index in [-0.39, 0.29) is 5.82 Å². The fraction of sp³-hybridized carbons (Fsp3) is 0.0833. The van der Waals surface area contributed by atoms with E-state index in [4.69, 9.17) is 0 Å². The molecule has 5 heteroatoms. The highest BCUT2D eigenvalue weighted by atomic mass is 19.1. The number of imidazole rings is 1. The van der Waals surface area contributed by atoms with Crippen LogP contribution in [0, 0.1) is 5.82 Å². The van der Waals surface area contributed by atoms with Crippen LogP contribution in [0.3, 0.4) is 0 Å². The van der Waals surface area contributed by atoms with Crippen LogP contribution >= 0.6 is 0 Å². The Morgan fingerprint density at radius 1 is 0.966 bits per heavy atom. The molecule has 0 saturated carbocycles. The Kier molecular flexibility index (Phi) is 5.59. The molecular formula is C24H20FN3O. The van der Waals surface area contributed by atoms with Crippen LogP contribution in [0.2, 0.25) is 0 Å². The van der Waals surface area contributed by atoms with Crippen LogP contribution in [0.1, 0.15) is 22.9 Å². The molecule has 144 valence electrons. The number of pyridine rings is 1. The van der Waals surface area contributed by atoms with Gasteiger partial charge in [-0.2, -0.15) is 0 Å². The van der Waals surface area contributed by atoms with Crippen LogP contribution in [-0.2, 0) is 6.54 Å². The number of benzene rings is 2. The van der Waals surface area contributed by atoms with Gasteiger partial charge in [0.05, 0.1) is 30.4 Å². The molecule has 1 unspecified atom stereocenters. The second-order valence-electron chi connectivity index (χ2n) is 6.68. The molecule has 0 aliphatic rings. The van der Waals surface area contributed by atoms with Gasteiger partial charge in [0.15, 0.2) is 0 Å². The average Bonchev–Trinajstić information content (AvgIpc) is 3.17. The lowest BCUT2D eigenvalue weighted by Crippen LogP contribution is -2.09. The zero-order valence-corrected chi connectivity index (χ0v) is 15.7. The van der Waals surface area contributed by atoms with Gasteiger partial charge in [0.2, 0.25) is 0 Å². The predicted molar refractivity (Wildman–Crippen MR) is 112 cm³/mol. The molecule has 1 N–H and O–H groups in total. The zero-order valence-electron chi connectivity index (χ0n) is 15.7. The Hall–Kier alpha value is -3.57. The standard InChI is InChI=1S/C24H20FN3O/c25-21-11-8-18(9-12-21)10-13-22-24(19-5-2-1-3-6-19)27-17-28(22)16-23(29)20-7-4-14-26-15-20/h1-15,17,23,29H,16H2. The largest absolute Gasteiger partial charge is 0.386 e. The topological polar surface area (TPSA) is 50.9 Å². The Morgan fingerprint density at radius 2 is 1.76 bits per heavy atom. The molecule has 0 aliphatic heterocycles. The summed E-state index contributed by atoms with van der Waals surface area (Å²) in [6.45, 7) is 0.342. The fourth-order valence-corrected chi connectivity index (χ4v) is 3.14. The molecule has 4 rings (SSSR count). The SMILES string of the molecule is OC(Cn1cnc(-c2ccccc2)c1C=Cc1ccc(F)cc1)c1cccnc1. The molecule has 2 aromatic carbocycles. The van der Waals surface area contributed by atoms with E-state index in [0.717, 1.165) is 28.1 Å². The van der Waals surface area contributed by atoms with E-state index < -0.39 is 6.10 Å². The molecule has 2 heterocycles. The van der Waals surface area contributed by atoms with Crippen LogP contribution in [-0.4, -0.2) is 19.6 Å². The highest BCUT2D eigenvalue weighted by molar-refractivity contribution is 5.77. The molecule has 4 aromatic rings. The number of aromatic nitrogens is 3. The van der Waals surface area contributed by atoms with Gasteiger partial charge >= 0.3 is 0 Å². The number of aliphatic hydroxyl groups excluding tert-OH is 1. The van der Waals surface area contributed by atoms with E-state index in [0.29, 0.717) is 6.54 Å². The normalized spacial score (nSPS) is 12.3. The minimum atomic E-state index is -0.709. The molecular weight excluding hydrogens is 365 g/mol. The third-order valence-corrected chi connectivity index (χ3v) is 4.67. The van der Waals surface area contributed by atoms with Crippen molar-refractivity contribution in [3.8, 4) is 11.3 Å². The summed E-state index contributed by atoms with van der Waals surface area (Å²) in [6, 6.07) is 19.8. The Morgan fingerprint density at radius 3 is 2.48 bits per heavy atom. The van der Waals surface area contributed by atoms with Crippen LogP contribution in [0.4, 0.5) is 4.39 Å². The second-order valence-corrected chi connectivity index (χ2v) is 6.68. The molecule has 2 aromatic heterocycles. The number of nitrogens with zero attached hydrogens (tertiary/aromatic N) is 3. The van der Waals surface area contributed by atoms with Crippen molar-refractivity contribution >= 4 is 12.2 Å².